The van der Waals surface area contributed by atoms with Crippen molar-refractivity contribution in [3.05, 3.63) is 27.7 Å². The van der Waals surface area contributed by atoms with Crippen molar-refractivity contribution in [1.29, 1.82) is 0 Å². The lowest BCUT2D eigenvalue weighted by Gasteiger charge is -2.23. The van der Waals surface area contributed by atoms with Crippen LogP contribution < -0.4 is 10.1 Å². The van der Waals surface area contributed by atoms with Gasteiger partial charge >= 0.3 is 0 Å². The first kappa shape index (κ1) is 15.8. The predicted molar refractivity (Wildman–Crippen MR) is 88.3 cm³/mol. The van der Waals surface area contributed by atoms with Crippen LogP contribution in [0.2, 0.25) is 0 Å². The molecule has 0 spiro atoms. The maximum absolute atomic E-state index is 6.20. The van der Waals surface area contributed by atoms with Gasteiger partial charge in [0, 0.05) is 16.6 Å². The van der Waals surface area contributed by atoms with Gasteiger partial charge in [0.2, 0.25) is 0 Å². The van der Waals surface area contributed by atoms with E-state index in [1.165, 1.54) is 43.2 Å². The highest BCUT2D eigenvalue weighted by Gasteiger charge is 2.16. The molecule has 0 amide bonds. The van der Waals surface area contributed by atoms with Crippen LogP contribution in [-0.2, 0) is 6.54 Å². The van der Waals surface area contributed by atoms with Crippen LogP contribution in [0.1, 0.15) is 50.2 Å². The fraction of sp³-hybridized carbons (Fsp3) is 0.647. The van der Waals surface area contributed by atoms with Gasteiger partial charge in [-0.05, 0) is 49.9 Å². The van der Waals surface area contributed by atoms with Crippen molar-refractivity contribution in [2.45, 2.75) is 52.5 Å². The van der Waals surface area contributed by atoms with Crippen LogP contribution in [0, 0.1) is 12.8 Å². The molecule has 1 saturated carbocycles. The summed E-state index contributed by atoms with van der Waals surface area (Å²) < 4.78 is 7.33. The van der Waals surface area contributed by atoms with Gasteiger partial charge in [-0.2, -0.15) is 0 Å². The van der Waals surface area contributed by atoms with Gasteiger partial charge in [0.05, 0.1) is 6.61 Å². The molecule has 0 aromatic heterocycles. The molecular weight excluding hydrogens is 314 g/mol. The minimum Gasteiger partial charge on any atom is -0.493 e. The minimum atomic E-state index is 0.749. The Morgan fingerprint density at radius 1 is 1.25 bits per heavy atom. The first-order chi connectivity index (χ1) is 9.70. The van der Waals surface area contributed by atoms with Gasteiger partial charge in [-0.25, -0.2) is 0 Å². The Kier molecular flexibility index (Phi) is 6.37. The Bertz CT molecular complexity index is 427. The van der Waals surface area contributed by atoms with E-state index in [0.717, 1.165) is 35.8 Å². The molecule has 1 N–H and O–H groups in total. The van der Waals surface area contributed by atoms with Gasteiger partial charge in [0.25, 0.3) is 0 Å². The molecule has 112 valence electrons. The van der Waals surface area contributed by atoms with Crippen LogP contribution in [0.4, 0.5) is 0 Å². The average molecular weight is 340 g/mol. The smallest absolute Gasteiger partial charge is 0.126 e. The number of benzene rings is 1. The van der Waals surface area contributed by atoms with E-state index in [0.29, 0.717) is 0 Å². The summed E-state index contributed by atoms with van der Waals surface area (Å²) in [6, 6.07) is 4.32. The third-order valence-corrected chi connectivity index (χ3v) is 4.53. The number of halogens is 1. The van der Waals surface area contributed by atoms with Crippen molar-refractivity contribution in [1.82, 2.24) is 5.32 Å². The number of nitrogens with one attached hydrogen (secondary N) is 1. The summed E-state index contributed by atoms with van der Waals surface area (Å²) in [5, 5.41) is 3.40. The highest BCUT2D eigenvalue weighted by Crippen LogP contribution is 2.30. The molecule has 20 heavy (non-hydrogen) atoms. The van der Waals surface area contributed by atoms with Crippen LogP contribution >= 0.6 is 15.9 Å². The molecular formula is C17H26BrNO. The quantitative estimate of drug-likeness (QED) is 0.801. The predicted octanol–water partition coefficient (Wildman–Crippen LogP) is 4.83. The fourth-order valence-electron chi connectivity index (χ4n) is 2.95. The van der Waals surface area contributed by atoms with Crippen molar-refractivity contribution < 1.29 is 4.74 Å². The minimum absolute atomic E-state index is 0.749. The van der Waals surface area contributed by atoms with Gasteiger partial charge in [-0.15, -0.1) is 0 Å². The zero-order chi connectivity index (χ0) is 14.4. The second-order valence-corrected chi connectivity index (χ2v) is 6.72. The second kappa shape index (κ2) is 8.04. The Morgan fingerprint density at radius 3 is 2.70 bits per heavy atom. The van der Waals surface area contributed by atoms with Crippen LogP contribution in [0.25, 0.3) is 0 Å². The fourth-order valence-corrected chi connectivity index (χ4v) is 3.57. The number of ether oxygens (including phenoxy) is 1. The number of aryl methyl sites for hydroxylation is 1. The third kappa shape index (κ3) is 4.49. The summed E-state index contributed by atoms with van der Waals surface area (Å²) in [6.07, 6.45) is 6.81. The monoisotopic (exact) mass is 339 g/mol. The largest absolute Gasteiger partial charge is 0.493 e. The summed E-state index contributed by atoms with van der Waals surface area (Å²) in [5.41, 5.74) is 2.48. The SMILES string of the molecule is CCNCc1cc(Br)cc(C)c1OCC1CCCCC1. The molecule has 1 fully saturated rings. The van der Waals surface area contributed by atoms with E-state index >= 15 is 0 Å². The first-order valence-electron chi connectivity index (χ1n) is 7.83. The zero-order valence-electron chi connectivity index (χ0n) is 12.7. The Balaban J connectivity index is 2.04. The molecule has 0 heterocycles. The van der Waals surface area contributed by atoms with Gasteiger partial charge < -0.3 is 10.1 Å². The van der Waals surface area contributed by atoms with E-state index in [4.69, 9.17) is 4.74 Å². The number of hydrogen-bond acceptors (Lipinski definition) is 2. The van der Waals surface area contributed by atoms with Gasteiger partial charge in [0.1, 0.15) is 5.75 Å². The lowest BCUT2D eigenvalue weighted by Crippen LogP contribution is -2.18. The van der Waals surface area contributed by atoms with Crippen molar-refractivity contribution >= 4 is 15.9 Å². The number of hydrogen-bond donors (Lipinski definition) is 1. The van der Waals surface area contributed by atoms with E-state index in [1.54, 1.807) is 0 Å². The summed E-state index contributed by atoms with van der Waals surface area (Å²) in [6.45, 7) is 7.00. The number of rotatable bonds is 6. The van der Waals surface area contributed by atoms with Crippen LogP contribution in [0.15, 0.2) is 16.6 Å². The van der Waals surface area contributed by atoms with Crippen molar-refractivity contribution in [2.24, 2.45) is 5.92 Å². The molecule has 0 atom stereocenters. The maximum atomic E-state index is 6.20. The summed E-state index contributed by atoms with van der Waals surface area (Å²) in [4.78, 5) is 0. The molecule has 2 rings (SSSR count). The normalized spacial score (nSPS) is 16.4. The molecule has 0 aliphatic heterocycles. The van der Waals surface area contributed by atoms with Gasteiger partial charge in [-0.1, -0.05) is 42.1 Å². The molecule has 1 aliphatic rings. The highest BCUT2D eigenvalue weighted by atomic mass is 79.9. The molecule has 0 radical (unpaired) electrons. The zero-order valence-corrected chi connectivity index (χ0v) is 14.3. The van der Waals surface area contributed by atoms with E-state index in [2.05, 4.69) is 47.2 Å². The topological polar surface area (TPSA) is 21.3 Å². The molecule has 1 aromatic carbocycles. The van der Waals surface area contributed by atoms with Crippen LogP contribution in [0.3, 0.4) is 0 Å². The maximum Gasteiger partial charge on any atom is 0.126 e. The lowest BCUT2D eigenvalue weighted by molar-refractivity contribution is 0.206. The third-order valence-electron chi connectivity index (χ3n) is 4.07. The Labute approximate surface area is 131 Å². The molecule has 1 aromatic rings. The van der Waals surface area contributed by atoms with E-state index < -0.39 is 0 Å². The summed E-state index contributed by atoms with van der Waals surface area (Å²) >= 11 is 3.58. The second-order valence-electron chi connectivity index (χ2n) is 5.81. The molecule has 2 nitrogen and oxygen atoms in total. The molecule has 3 heteroatoms. The molecule has 1 aliphatic carbocycles. The average Bonchev–Trinajstić information content (AvgIpc) is 2.45. The van der Waals surface area contributed by atoms with Crippen molar-refractivity contribution in [3.63, 3.8) is 0 Å². The van der Waals surface area contributed by atoms with E-state index in [-0.39, 0.29) is 0 Å². The van der Waals surface area contributed by atoms with Crippen molar-refractivity contribution in [3.8, 4) is 5.75 Å². The first-order valence-corrected chi connectivity index (χ1v) is 8.62. The highest BCUT2D eigenvalue weighted by molar-refractivity contribution is 9.10. The summed E-state index contributed by atoms with van der Waals surface area (Å²) in [5.74, 6) is 1.83. The van der Waals surface area contributed by atoms with Crippen LogP contribution in [-0.4, -0.2) is 13.2 Å². The lowest BCUT2D eigenvalue weighted by atomic mass is 9.90. The Morgan fingerprint density at radius 2 is 2.00 bits per heavy atom. The Hall–Kier alpha value is -0.540. The van der Waals surface area contributed by atoms with Gasteiger partial charge in [0.15, 0.2) is 0 Å². The van der Waals surface area contributed by atoms with Crippen molar-refractivity contribution in [2.75, 3.05) is 13.2 Å². The molecule has 0 bridgehead atoms. The van der Waals surface area contributed by atoms with Crippen LogP contribution in [0.5, 0.6) is 5.75 Å². The summed E-state index contributed by atoms with van der Waals surface area (Å²) in [7, 11) is 0. The van der Waals surface area contributed by atoms with E-state index in [9.17, 15) is 0 Å². The van der Waals surface area contributed by atoms with Gasteiger partial charge in [-0.3, -0.25) is 0 Å². The van der Waals surface area contributed by atoms with E-state index in [1.807, 2.05) is 0 Å². The molecule has 0 unspecified atom stereocenters. The molecule has 0 saturated heterocycles. The standard InChI is InChI=1S/C17H26BrNO/c1-3-19-11-15-10-16(18)9-13(2)17(15)20-12-14-7-5-4-6-8-14/h9-10,14,19H,3-8,11-12H2,1-2H3.